The van der Waals surface area contributed by atoms with E-state index in [0.717, 1.165) is 222 Å². The molecule has 0 bridgehead atoms. The molecule has 12 aromatic carbocycles. The highest BCUT2D eigenvalue weighted by atomic mass is 16.3. The molecule has 15 heterocycles. The van der Waals surface area contributed by atoms with Gasteiger partial charge in [-0.1, -0.05) is 164 Å². The molecule has 0 atom stereocenters. The van der Waals surface area contributed by atoms with E-state index in [0.29, 0.717) is 29.1 Å². The average molecular weight is 1780 g/mol. The highest BCUT2D eigenvalue weighted by Gasteiger charge is 2.24. The largest absolute Gasteiger partial charge is 0.464 e. The van der Waals surface area contributed by atoms with Crippen molar-refractivity contribution in [3.8, 4) is 152 Å². The lowest BCUT2D eigenvalue weighted by atomic mass is 10.0. The number of pyridine rings is 6. The number of fused-ring (bicyclic) bond motifs is 15. The molecule has 0 amide bonds. The molecule has 138 heavy (non-hydrogen) atoms. The first-order valence-corrected chi connectivity index (χ1v) is 45.2. The third-order valence-electron chi connectivity index (χ3n) is 25.4. The maximum Gasteiger partial charge on any atom is 0.164 e. The molecule has 19 nitrogen and oxygen atoms in total. The Labute approximate surface area is 788 Å². The minimum absolute atomic E-state index is 0.586. The Morgan fingerprint density at radius 3 is 0.761 bits per heavy atom. The number of furan rings is 3. The monoisotopic (exact) mass is 1770 g/mol. The molecule has 648 valence electrons. The van der Waals surface area contributed by atoms with Crippen LogP contribution in [0.5, 0.6) is 0 Å². The van der Waals surface area contributed by atoms with Gasteiger partial charge in [0.05, 0.1) is 90.8 Å². The van der Waals surface area contributed by atoms with Gasteiger partial charge in [0.25, 0.3) is 0 Å². The Bertz CT molecular complexity index is 8400. The highest BCUT2D eigenvalue weighted by Crippen LogP contribution is 2.44. The van der Waals surface area contributed by atoms with E-state index in [1.807, 2.05) is 128 Å². The molecule has 0 unspecified atom stereocenters. The van der Waals surface area contributed by atoms with Gasteiger partial charge in [0.15, 0.2) is 29.1 Å². The maximum absolute atomic E-state index is 5.99. The molecule has 19 heteroatoms. The van der Waals surface area contributed by atoms with Crippen molar-refractivity contribution < 1.29 is 13.3 Å². The smallest absolute Gasteiger partial charge is 0.164 e. The van der Waals surface area contributed by atoms with Gasteiger partial charge in [0.1, 0.15) is 16.7 Å². The van der Waals surface area contributed by atoms with E-state index in [9.17, 15) is 0 Å². The number of benzene rings is 12. The SMILES string of the molecule is c1cc(-c2cc(-c3ccc(-c4ccncc4)cc3)nc(-c3ccncc3)n2)cc(-n2c3ccccc3c3c4occc4ccc32)c1.c1cc(-c2nc(-c3ccncc3)cc(-c3ccc(-c4ccncc4)cc3)n2)cc(-n2c3ccccc3c3c4occc4ccc32)c1.c1cc(-c2nc(-c3ccncc3)nc(-c3ccc(-c4ccncc4)cc3)n2)cc(-n2c3ccccc3c3c4occc4ccc32)c1. The highest BCUT2D eigenvalue weighted by molar-refractivity contribution is 6.22. The quantitative estimate of drug-likeness (QED) is 0.0931. The first-order valence-electron chi connectivity index (χ1n) is 45.2. The van der Waals surface area contributed by atoms with Crippen molar-refractivity contribution in [1.29, 1.82) is 0 Å². The zero-order valence-corrected chi connectivity index (χ0v) is 73.6. The molecule has 0 saturated heterocycles. The second-order valence-electron chi connectivity index (χ2n) is 33.5. The second-order valence-corrected chi connectivity index (χ2v) is 33.5. The first-order chi connectivity index (χ1) is 68.4. The number of hydrogen-bond acceptors (Lipinski definition) is 16. The number of aromatic nitrogens is 16. The summed E-state index contributed by atoms with van der Waals surface area (Å²) in [5, 5.41) is 10.0. The summed E-state index contributed by atoms with van der Waals surface area (Å²) in [6.07, 6.45) is 26.7. The Morgan fingerprint density at radius 1 is 0.167 bits per heavy atom. The van der Waals surface area contributed by atoms with E-state index in [4.69, 9.17) is 48.1 Å². The summed E-state index contributed by atoms with van der Waals surface area (Å²) in [5.74, 6) is 3.07. The molecule has 0 spiro atoms. The molecular formula is C119H74N16O3. The lowest BCUT2D eigenvalue weighted by molar-refractivity contribution is 0.619. The third kappa shape index (κ3) is 15.0. The zero-order chi connectivity index (χ0) is 91.4. The first kappa shape index (κ1) is 80.8. The summed E-state index contributed by atoms with van der Waals surface area (Å²) < 4.78 is 24.8. The molecule has 0 aliphatic heterocycles. The van der Waals surface area contributed by atoms with Crippen LogP contribution in [-0.2, 0) is 0 Å². The van der Waals surface area contributed by atoms with Crippen LogP contribution in [0.25, 0.3) is 251 Å². The van der Waals surface area contributed by atoms with Gasteiger partial charge in [0.2, 0.25) is 0 Å². The van der Waals surface area contributed by atoms with Crippen LogP contribution in [0.4, 0.5) is 0 Å². The number of rotatable bonds is 15. The Hall–Kier alpha value is -19.3. The summed E-state index contributed by atoms with van der Waals surface area (Å²) >= 11 is 0. The molecule has 0 aliphatic rings. The van der Waals surface area contributed by atoms with Crippen molar-refractivity contribution >= 4 is 98.3 Å². The summed E-state index contributed by atoms with van der Waals surface area (Å²) in [5.41, 5.74) is 30.9. The lowest BCUT2D eigenvalue weighted by Gasteiger charge is -2.12. The summed E-state index contributed by atoms with van der Waals surface area (Å²) in [6, 6.07) is 123. The van der Waals surface area contributed by atoms with Crippen molar-refractivity contribution in [2.45, 2.75) is 0 Å². The number of nitrogens with zero attached hydrogens (tertiary/aromatic N) is 16. The van der Waals surface area contributed by atoms with Crippen LogP contribution in [-0.4, -0.2) is 78.5 Å². The Morgan fingerprint density at radius 2 is 0.413 bits per heavy atom. The molecule has 15 aromatic heterocycles. The predicted octanol–water partition coefficient (Wildman–Crippen LogP) is 28.7. The van der Waals surface area contributed by atoms with Crippen LogP contribution in [0, 0.1) is 0 Å². The lowest BCUT2D eigenvalue weighted by Crippen LogP contribution is -2.01. The third-order valence-corrected chi connectivity index (χ3v) is 25.4. The van der Waals surface area contributed by atoms with Crippen LogP contribution < -0.4 is 0 Å². The topological polar surface area (TPSA) is 222 Å². The van der Waals surface area contributed by atoms with Crippen LogP contribution in [0.3, 0.4) is 0 Å². The molecule has 0 fully saturated rings. The van der Waals surface area contributed by atoms with Crippen LogP contribution in [0.1, 0.15) is 0 Å². The van der Waals surface area contributed by atoms with E-state index in [2.05, 4.69) is 298 Å². The average Bonchev–Trinajstić information content (AvgIpc) is 1.58. The minimum Gasteiger partial charge on any atom is -0.464 e. The van der Waals surface area contributed by atoms with Crippen LogP contribution >= 0.6 is 0 Å². The summed E-state index contributed by atoms with van der Waals surface area (Å²) in [7, 11) is 0. The molecule has 0 aliphatic carbocycles. The fourth-order valence-electron chi connectivity index (χ4n) is 18.8. The van der Waals surface area contributed by atoms with Gasteiger partial charge >= 0.3 is 0 Å². The minimum atomic E-state index is 0.586. The fraction of sp³-hybridized carbons (Fsp3) is 0. The van der Waals surface area contributed by atoms with E-state index in [-0.39, 0.29) is 0 Å². The maximum atomic E-state index is 5.99. The Kier molecular flexibility index (Phi) is 20.4. The van der Waals surface area contributed by atoms with Crippen LogP contribution in [0.15, 0.2) is 464 Å². The van der Waals surface area contributed by atoms with Crippen molar-refractivity contribution in [2.24, 2.45) is 0 Å². The fourth-order valence-corrected chi connectivity index (χ4v) is 18.8. The zero-order valence-electron chi connectivity index (χ0n) is 73.6. The second kappa shape index (κ2) is 34.8. The van der Waals surface area contributed by atoms with Gasteiger partial charge in [-0.3, -0.25) is 29.9 Å². The molecule has 0 N–H and O–H groups in total. The standard InChI is InChI=1S/2C40H25N5O.C39H24N6O/c1-2-7-36-33(6-1)38-37(13-12-30-18-23-46-39(30)38)45(36)32-5-3-4-31(24-32)40-43-34(25-35(44-40)29-16-21-42-22-17-29)28-10-8-26(9-11-28)27-14-19-41-20-15-27;1-2-7-36-33(6-1)38-37(13-12-29-18-23-46-39(29)38)45(36)32-5-3-4-31(24-32)35-25-34(43-40(44-35)30-16-21-42-22-17-30)28-10-8-26(9-11-28)27-14-19-41-20-15-27;1-2-7-33-32(6-1)35-34(13-12-27-18-23-46-36(27)35)45(33)31-5-3-4-30(24-31)39-43-37(42-38(44-39)29-16-21-41-22-17-29)28-10-8-25(9-11-28)26-14-19-40-20-15-26/h2*1-25H;1-24H. The van der Waals surface area contributed by atoms with Crippen molar-refractivity contribution in [3.05, 3.63) is 451 Å². The van der Waals surface area contributed by atoms with Gasteiger partial charge in [-0.2, -0.15) is 0 Å². The number of hydrogen-bond donors (Lipinski definition) is 0. The van der Waals surface area contributed by atoms with E-state index in [1.54, 1.807) is 68.4 Å². The van der Waals surface area contributed by atoms with Crippen molar-refractivity contribution in [1.82, 2.24) is 78.5 Å². The van der Waals surface area contributed by atoms with Crippen molar-refractivity contribution in [3.63, 3.8) is 0 Å². The predicted molar refractivity (Wildman–Crippen MR) is 548 cm³/mol. The van der Waals surface area contributed by atoms with Gasteiger partial charge < -0.3 is 27.0 Å². The normalized spacial score (nSPS) is 11.5. The molecule has 0 saturated carbocycles. The number of para-hydroxylation sites is 3. The van der Waals surface area contributed by atoms with Crippen LogP contribution in [0.2, 0.25) is 0 Å². The molecular weight excluding hydrogens is 1700 g/mol. The molecule has 27 rings (SSSR count). The van der Waals surface area contributed by atoms with Gasteiger partial charge in [-0.15, -0.1) is 0 Å². The van der Waals surface area contributed by atoms with Gasteiger partial charge in [-0.05, 0) is 228 Å². The van der Waals surface area contributed by atoms with Gasteiger partial charge in [0, 0.05) is 174 Å². The Balaban J connectivity index is 0.000000110. The summed E-state index contributed by atoms with van der Waals surface area (Å²) in [6.45, 7) is 0. The molecule has 27 aromatic rings. The van der Waals surface area contributed by atoms with E-state index < -0.39 is 0 Å². The van der Waals surface area contributed by atoms with E-state index >= 15 is 0 Å². The summed E-state index contributed by atoms with van der Waals surface area (Å²) in [4.78, 5) is 60.2. The van der Waals surface area contributed by atoms with E-state index in [1.165, 1.54) is 0 Å². The van der Waals surface area contributed by atoms with Gasteiger partial charge in [-0.25, -0.2) is 34.9 Å². The molecule has 0 radical (unpaired) electrons. The van der Waals surface area contributed by atoms with Crippen molar-refractivity contribution in [2.75, 3.05) is 0 Å².